The zero-order valence-electron chi connectivity index (χ0n) is 19.6. The number of fused-ring (bicyclic) bond motifs is 1. The van der Waals surface area contributed by atoms with Gasteiger partial charge >= 0.3 is 5.97 Å². The molecule has 182 valence electrons. The maximum atomic E-state index is 14.5. The third kappa shape index (κ3) is 5.59. The van der Waals surface area contributed by atoms with Crippen LogP contribution in [0, 0.1) is 11.6 Å². The number of carbonyl (C=O) groups is 2. The van der Waals surface area contributed by atoms with Crippen LogP contribution in [0.5, 0.6) is 11.5 Å². The molecule has 0 spiro atoms. The van der Waals surface area contributed by atoms with Gasteiger partial charge in [-0.15, -0.1) is 0 Å². The first kappa shape index (κ1) is 24.2. The number of amides is 1. The summed E-state index contributed by atoms with van der Waals surface area (Å²) >= 11 is 0. The van der Waals surface area contributed by atoms with E-state index in [-0.39, 0.29) is 5.69 Å². The van der Waals surface area contributed by atoms with Gasteiger partial charge in [-0.05, 0) is 68.3 Å². The Morgan fingerprint density at radius 2 is 1.51 bits per heavy atom. The molecule has 0 unspecified atom stereocenters. The average molecular weight is 481 g/mol. The Labute approximate surface area is 202 Å². The molecule has 1 amide bonds. The van der Waals surface area contributed by atoms with Gasteiger partial charge in [0.05, 0.1) is 0 Å². The molecule has 1 aliphatic rings. The van der Waals surface area contributed by atoms with Gasteiger partial charge in [-0.25, -0.2) is 8.78 Å². The molecule has 8 heteroatoms. The van der Waals surface area contributed by atoms with Crippen LogP contribution in [0.15, 0.2) is 60.7 Å². The molecule has 0 radical (unpaired) electrons. The van der Waals surface area contributed by atoms with Gasteiger partial charge in [-0.2, -0.15) is 0 Å². The van der Waals surface area contributed by atoms with Crippen LogP contribution in [0.25, 0.3) is 11.1 Å². The van der Waals surface area contributed by atoms with Crippen molar-refractivity contribution in [3.63, 3.8) is 0 Å². The first-order valence-electron chi connectivity index (χ1n) is 11.1. The number of hydrogen-bond donors (Lipinski definition) is 0. The number of hydrogen-bond acceptors (Lipinski definition) is 5. The molecule has 1 aliphatic heterocycles. The van der Waals surface area contributed by atoms with Crippen LogP contribution in [0.4, 0.5) is 14.5 Å². The standard InChI is InChI=1S/C27H25F2NO5/c1-27(2,3)35-24(31)16-30(26(32)25-20(28)8-5-9-21(25)29)19-7-4-6-17(14-19)18-10-11-22-23(15-18)34-13-12-33-22/h4-11,14-15H,12-13,16H2,1-3H3. The SMILES string of the molecule is CC(C)(C)OC(=O)CN(C(=O)c1c(F)cccc1F)c1cccc(-c2ccc3c(c2)OCCO3)c1. The predicted molar refractivity (Wildman–Crippen MR) is 127 cm³/mol. The minimum atomic E-state index is -1.02. The molecule has 35 heavy (non-hydrogen) atoms. The molecule has 0 fully saturated rings. The molecule has 0 atom stereocenters. The molecular formula is C27H25F2NO5. The number of anilines is 1. The van der Waals surface area contributed by atoms with Crippen molar-refractivity contribution in [2.45, 2.75) is 26.4 Å². The molecule has 1 heterocycles. The Morgan fingerprint density at radius 1 is 0.886 bits per heavy atom. The maximum Gasteiger partial charge on any atom is 0.326 e. The van der Waals surface area contributed by atoms with Gasteiger partial charge in [0.25, 0.3) is 5.91 Å². The van der Waals surface area contributed by atoms with Gasteiger partial charge in [0.15, 0.2) is 11.5 Å². The third-order valence-corrected chi connectivity index (χ3v) is 5.16. The number of halogens is 2. The fourth-order valence-electron chi connectivity index (χ4n) is 3.70. The van der Waals surface area contributed by atoms with Crippen molar-refractivity contribution in [2.24, 2.45) is 0 Å². The van der Waals surface area contributed by atoms with Crippen LogP contribution in [0.2, 0.25) is 0 Å². The minimum absolute atomic E-state index is 0.274. The quantitative estimate of drug-likeness (QED) is 0.457. The van der Waals surface area contributed by atoms with Crippen LogP contribution in [0.1, 0.15) is 31.1 Å². The van der Waals surface area contributed by atoms with Crippen LogP contribution in [-0.2, 0) is 9.53 Å². The molecule has 6 nitrogen and oxygen atoms in total. The minimum Gasteiger partial charge on any atom is -0.486 e. The largest absolute Gasteiger partial charge is 0.486 e. The number of ether oxygens (including phenoxy) is 3. The van der Waals surface area contributed by atoms with Crippen LogP contribution < -0.4 is 14.4 Å². The number of rotatable bonds is 5. The van der Waals surface area contributed by atoms with E-state index >= 15 is 0 Å². The molecule has 0 N–H and O–H groups in total. The highest BCUT2D eigenvalue weighted by atomic mass is 19.1. The Bertz CT molecular complexity index is 1250. The zero-order chi connectivity index (χ0) is 25.2. The van der Waals surface area contributed by atoms with Crippen molar-refractivity contribution in [1.29, 1.82) is 0 Å². The molecule has 0 aliphatic carbocycles. The molecule has 3 aromatic rings. The molecule has 0 aromatic heterocycles. The van der Waals surface area contributed by atoms with Crippen molar-refractivity contribution >= 4 is 17.6 Å². The molecular weight excluding hydrogens is 456 g/mol. The zero-order valence-corrected chi connectivity index (χ0v) is 19.6. The summed E-state index contributed by atoms with van der Waals surface area (Å²) in [6, 6.07) is 15.3. The predicted octanol–water partition coefficient (Wildman–Crippen LogP) is 5.39. The summed E-state index contributed by atoms with van der Waals surface area (Å²) in [5.41, 5.74) is 0.201. The van der Waals surface area contributed by atoms with E-state index in [2.05, 4.69) is 0 Å². The summed E-state index contributed by atoms with van der Waals surface area (Å²) in [5.74, 6) is -2.53. The number of carbonyl (C=O) groups excluding carboxylic acids is 2. The topological polar surface area (TPSA) is 65.1 Å². The van der Waals surface area contributed by atoms with Crippen LogP contribution >= 0.6 is 0 Å². The van der Waals surface area contributed by atoms with Crippen molar-refractivity contribution in [3.8, 4) is 22.6 Å². The summed E-state index contributed by atoms with van der Waals surface area (Å²) in [5, 5.41) is 0. The molecule has 0 saturated carbocycles. The second kappa shape index (κ2) is 9.74. The van der Waals surface area contributed by atoms with Crippen LogP contribution in [-0.4, -0.2) is 37.2 Å². The van der Waals surface area contributed by atoms with Gasteiger partial charge in [0.2, 0.25) is 0 Å². The van der Waals surface area contributed by atoms with Crippen molar-refractivity contribution in [3.05, 3.63) is 77.9 Å². The van der Waals surface area contributed by atoms with Gasteiger partial charge in [0, 0.05) is 5.69 Å². The van der Waals surface area contributed by atoms with Gasteiger partial charge in [-0.1, -0.05) is 24.3 Å². The molecule has 0 saturated heterocycles. The lowest BCUT2D eigenvalue weighted by Crippen LogP contribution is -2.39. The lowest BCUT2D eigenvalue weighted by Gasteiger charge is -2.26. The molecule has 3 aromatic carbocycles. The Balaban J connectivity index is 1.73. The number of esters is 1. The third-order valence-electron chi connectivity index (χ3n) is 5.16. The summed E-state index contributed by atoms with van der Waals surface area (Å²) in [4.78, 5) is 27.0. The Kier molecular flexibility index (Phi) is 6.73. The van der Waals surface area contributed by atoms with E-state index in [1.165, 1.54) is 6.07 Å². The Morgan fingerprint density at radius 3 is 2.20 bits per heavy atom. The normalized spacial score (nSPS) is 12.7. The van der Waals surface area contributed by atoms with E-state index in [0.717, 1.165) is 22.6 Å². The first-order valence-corrected chi connectivity index (χ1v) is 11.1. The summed E-state index contributed by atoms with van der Waals surface area (Å²) in [6.45, 7) is 5.44. The maximum absolute atomic E-state index is 14.5. The first-order chi connectivity index (χ1) is 16.6. The fourth-order valence-corrected chi connectivity index (χ4v) is 3.70. The number of nitrogens with zero attached hydrogens (tertiary/aromatic N) is 1. The molecule has 4 rings (SSSR count). The van der Waals surface area contributed by atoms with E-state index in [1.54, 1.807) is 45.0 Å². The highest BCUT2D eigenvalue weighted by Crippen LogP contribution is 2.35. The van der Waals surface area contributed by atoms with Gasteiger partial charge in [0.1, 0.15) is 42.6 Å². The monoisotopic (exact) mass is 481 g/mol. The lowest BCUT2D eigenvalue weighted by molar-refractivity contribution is -0.152. The van der Waals surface area contributed by atoms with Crippen molar-refractivity contribution < 1.29 is 32.6 Å². The average Bonchev–Trinajstić information content (AvgIpc) is 2.81. The highest BCUT2D eigenvalue weighted by Gasteiger charge is 2.28. The summed E-state index contributed by atoms with van der Waals surface area (Å²) in [7, 11) is 0. The highest BCUT2D eigenvalue weighted by molar-refractivity contribution is 6.09. The molecule has 0 bridgehead atoms. The Hall–Kier alpha value is -3.94. The van der Waals surface area contributed by atoms with E-state index in [1.807, 2.05) is 18.2 Å². The summed E-state index contributed by atoms with van der Waals surface area (Å²) in [6.07, 6.45) is 0. The second-order valence-corrected chi connectivity index (χ2v) is 8.98. The lowest BCUT2D eigenvalue weighted by atomic mass is 10.0. The van der Waals surface area contributed by atoms with E-state index in [0.29, 0.717) is 30.3 Å². The summed E-state index contributed by atoms with van der Waals surface area (Å²) < 4.78 is 45.5. The van der Waals surface area contributed by atoms with E-state index < -0.39 is 41.2 Å². The second-order valence-electron chi connectivity index (χ2n) is 8.98. The van der Waals surface area contributed by atoms with Crippen molar-refractivity contribution in [1.82, 2.24) is 0 Å². The van der Waals surface area contributed by atoms with Gasteiger partial charge in [-0.3, -0.25) is 14.5 Å². The van der Waals surface area contributed by atoms with E-state index in [4.69, 9.17) is 14.2 Å². The van der Waals surface area contributed by atoms with Crippen molar-refractivity contribution in [2.75, 3.05) is 24.7 Å². The van der Waals surface area contributed by atoms with E-state index in [9.17, 15) is 18.4 Å². The van der Waals surface area contributed by atoms with Gasteiger partial charge < -0.3 is 14.2 Å². The van der Waals surface area contributed by atoms with Crippen LogP contribution in [0.3, 0.4) is 0 Å². The smallest absolute Gasteiger partial charge is 0.326 e. The number of benzene rings is 3. The fraction of sp³-hybridized carbons (Fsp3) is 0.259.